The average Bonchev–Trinajstić information content (AvgIpc) is 3.11. The first-order valence-electron chi connectivity index (χ1n) is 10.2. The summed E-state index contributed by atoms with van der Waals surface area (Å²) in [7, 11) is 0. The number of allylic oxidation sites excluding steroid dienone is 1. The number of aryl methyl sites for hydroxylation is 1. The summed E-state index contributed by atoms with van der Waals surface area (Å²) in [5.74, 6) is 0.773. The number of fused-ring (bicyclic) bond motifs is 3. The van der Waals surface area contributed by atoms with Crippen LogP contribution in [0.15, 0.2) is 52.9 Å². The highest BCUT2D eigenvalue weighted by molar-refractivity contribution is 7.99. The van der Waals surface area contributed by atoms with Crippen molar-refractivity contribution >= 4 is 39.2 Å². The highest BCUT2D eigenvalue weighted by atomic mass is 32.2. The van der Waals surface area contributed by atoms with Crippen molar-refractivity contribution in [1.82, 2.24) is 14.9 Å². The quantitative estimate of drug-likeness (QED) is 0.341. The van der Waals surface area contributed by atoms with Gasteiger partial charge in [0.1, 0.15) is 4.83 Å². The first-order chi connectivity index (χ1) is 14.6. The third-order valence-corrected chi connectivity index (χ3v) is 7.48. The molecule has 0 saturated carbocycles. The van der Waals surface area contributed by atoms with E-state index in [1.165, 1.54) is 22.2 Å². The smallest absolute Gasteiger partial charge is 0.263 e. The van der Waals surface area contributed by atoms with Crippen molar-refractivity contribution in [2.24, 2.45) is 5.92 Å². The number of amides is 1. The number of rotatable bonds is 7. The Labute approximate surface area is 184 Å². The number of benzene rings is 1. The number of thiophene rings is 1. The standard InChI is InChI=1S/C23H25N3O2S2/c1-3-11-26-22(28)20-17-10-9-15(2)12-18(17)30-21(20)25-23(26)29-14-19(27)24-13-16-7-5-4-6-8-16/h3-8,15H,1,9-14H2,2H3,(H,24,27). The van der Waals surface area contributed by atoms with Crippen LogP contribution in [-0.4, -0.2) is 21.2 Å². The molecule has 7 heteroatoms. The lowest BCUT2D eigenvalue weighted by atomic mass is 9.89. The van der Waals surface area contributed by atoms with E-state index in [0.717, 1.165) is 35.0 Å². The van der Waals surface area contributed by atoms with Gasteiger partial charge >= 0.3 is 0 Å². The van der Waals surface area contributed by atoms with Crippen molar-refractivity contribution in [1.29, 1.82) is 0 Å². The molecule has 1 atom stereocenters. The van der Waals surface area contributed by atoms with Crippen molar-refractivity contribution in [3.8, 4) is 0 Å². The van der Waals surface area contributed by atoms with Crippen molar-refractivity contribution in [2.75, 3.05) is 5.75 Å². The molecule has 156 valence electrons. The fourth-order valence-corrected chi connectivity index (χ4v) is 6.05. The van der Waals surface area contributed by atoms with Gasteiger partial charge in [0, 0.05) is 18.0 Å². The van der Waals surface area contributed by atoms with Crippen LogP contribution in [0.5, 0.6) is 0 Å². The van der Waals surface area contributed by atoms with Crippen LogP contribution in [0.3, 0.4) is 0 Å². The van der Waals surface area contributed by atoms with E-state index in [1.807, 2.05) is 30.3 Å². The van der Waals surface area contributed by atoms with Gasteiger partial charge in [-0.1, -0.05) is 55.1 Å². The van der Waals surface area contributed by atoms with E-state index in [4.69, 9.17) is 4.98 Å². The number of carbonyl (C=O) groups is 1. The second kappa shape index (κ2) is 9.18. The van der Waals surface area contributed by atoms with E-state index >= 15 is 0 Å². The van der Waals surface area contributed by atoms with Gasteiger partial charge < -0.3 is 5.32 Å². The molecule has 1 N–H and O–H groups in total. The second-order valence-electron chi connectivity index (χ2n) is 7.68. The third-order valence-electron chi connectivity index (χ3n) is 5.36. The molecular formula is C23H25N3O2S2. The monoisotopic (exact) mass is 439 g/mol. The highest BCUT2D eigenvalue weighted by Gasteiger charge is 2.24. The lowest BCUT2D eigenvalue weighted by molar-refractivity contribution is -0.118. The molecule has 0 aliphatic heterocycles. The molecule has 5 nitrogen and oxygen atoms in total. The van der Waals surface area contributed by atoms with Gasteiger partial charge in [-0.05, 0) is 36.3 Å². The molecule has 0 bridgehead atoms. The fourth-order valence-electron chi connectivity index (χ4n) is 3.78. The van der Waals surface area contributed by atoms with Gasteiger partial charge in [0.2, 0.25) is 5.91 Å². The van der Waals surface area contributed by atoms with Crippen molar-refractivity contribution in [3.63, 3.8) is 0 Å². The van der Waals surface area contributed by atoms with Crippen molar-refractivity contribution in [3.05, 3.63) is 69.3 Å². The molecule has 1 unspecified atom stereocenters. The summed E-state index contributed by atoms with van der Waals surface area (Å²) in [6.07, 6.45) is 4.77. The molecule has 1 amide bonds. The summed E-state index contributed by atoms with van der Waals surface area (Å²) >= 11 is 2.94. The SMILES string of the molecule is C=CCn1c(SCC(=O)NCc2ccccc2)nc2sc3c(c2c1=O)CCC(C)C3. The molecule has 30 heavy (non-hydrogen) atoms. The number of nitrogens with one attached hydrogen (secondary N) is 1. The highest BCUT2D eigenvalue weighted by Crippen LogP contribution is 2.36. The summed E-state index contributed by atoms with van der Waals surface area (Å²) in [6.45, 7) is 6.92. The number of hydrogen-bond donors (Lipinski definition) is 1. The third kappa shape index (κ3) is 4.37. The van der Waals surface area contributed by atoms with Crippen molar-refractivity contribution < 1.29 is 4.79 Å². The molecule has 2 heterocycles. The van der Waals surface area contributed by atoms with Gasteiger partial charge in [-0.25, -0.2) is 4.98 Å². The summed E-state index contributed by atoms with van der Waals surface area (Å²) in [5.41, 5.74) is 2.22. The first kappa shape index (κ1) is 20.9. The van der Waals surface area contributed by atoms with Crippen LogP contribution in [-0.2, 0) is 30.7 Å². The summed E-state index contributed by atoms with van der Waals surface area (Å²) in [4.78, 5) is 32.5. The Kier molecular flexibility index (Phi) is 6.39. The Balaban J connectivity index is 1.55. The average molecular weight is 440 g/mol. The zero-order valence-electron chi connectivity index (χ0n) is 17.0. The van der Waals surface area contributed by atoms with E-state index < -0.39 is 0 Å². The van der Waals surface area contributed by atoms with E-state index in [9.17, 15) is 9.59 Å². The van der Waals surface area contributed by atoms with E-state index in [1.54, 1.807) is 22.0 Å². The van der Waals surface area contributed by atoms with Gasteiger partial charge in [-0.15, -0.1) is 17.9 Å². The Morgan fingerprint density at radius 1 is 1.40 bits per heavy atom. The number of thioether (sulfide) groups is 1. The van der Waals surface area contributed by atoms with Gasteiger partial charge in [0.05, 0.1) is 11.1 Å². The van der Waals surface area contributed by atoms with Gasteiger partial charge in [-0.2, -0.15) is 0 Å². The molecule has 0 fully saturated rings. The second-order valence-corrected chi connectivity index (χ2v) is 9.71. The van der Waals surface area contributed by atoms with E-state index in [2.05, 4.69) is 18.8 Å². The first-order valence-corrected chi connectivity index (χ1v) is 12.0. The normalized spacial score (nSPS) is 15.7. The number of hydrogen-bond acceptors (Lipinski definition) is 5. The zero-order valence-corrected chi connectivity index (χ0v) is 18.7. The van der Waals surface area contributed by atoms with Crippen LogP contribution in [0.2, 0.25) is 0 Å². The van der Waals surface area contributed by atoms with Crippen LogP contribution >= 0.6 is 23.1 Å². The predicted octanol–water partition coefficient (Wildman–Crippen LogP) is 4.18. The van der Waals surface area contributed by atoms with Gasteiger partial charge in [-0.3, -0.25) is 14.2 Å². The predicted molar refractivity (Wildman–Crippen MR) is 124 cm³/mol. The number of nitrogens with zero attached hydrogens (tertiary/aromatic N) is 2. The molecule has 1 aliphatic rings. The van der Waals surface area contributed by atoms with Crippen LogP contribution in [0.4, 0.5) is 0 Å². The van der Waals surface area contributed by atoms with Crippen LogP contribution < -0.4 is 10.9 Å². The molecule has 1 aliphatic carbocycles. The molecule has 2 aromatic heterocycles. The maximum Gasteiger partial charge on any atom is 0.263 e. The van der Waals surface area contributed by atoms with Crippen LogP contribution in [0.25, 0.3) is 10.2 Å². The largest absolute Gasteiger partial charge is 0.351 e. The minimum Gasteiger partial charge on any atom is -0.351 e. The molecule has 0 spiro atoms. The summed E-state index contributed by atoms with van der Waals surface area (Å²) < 4.78 is 1.65. The van der Waals surface area contributed by atoms with Gasteiger partial charge in [0.25, 0.3) is 5.56 Å². The minimum atomic E-state index is -0.0809. The molecule has 4 rings (SSSR count). The minimum absolute atomic E-state index is 0.0147. The summed E-state index contributed by atoms with van der Waals surface area (Å²) in [6, 6.07) is 9.80. The molecular weight excluding hydrogens is 414 g/mol. The molecule has 0 saturated heterocycles. The zero-order chi connectivity index (χ0) is 21.1. The lowest BCUT2D eigenvalue weighted by Gasteiger charge is -2.17. The maximum atomic E-state index is 13.3. The lowest BCUT2D eigenvalue weighted by Crippen LogP contribution is -2.26. The maximum absolute atomic E-state index is 13.3. The summed E-state index contributed by atoms with van der Waals surface area (Å²) in [5, 5.41) is 4.27. The van der Waals surface area contributed by atoms with E-state index in [0.29, 0.717) is 24.2 Å². The number of aromatic nitrogens is 2. The Bertz CT molecular complexity index is 1130. The number of carbonyl (C=O) groups excluding carboxylic acids is 1. The molecule has 3 aromatic rings. The fraction of sp³-hybridized carbons (Fsp3) is 0.348. The molecule has 0 radical (unpaired) electrons. The van der Waals surface area contributed by atoms with E-state index in [-0.39, 0.29) is 17.2 Å². The topological polar surface area (TPSA) is 64.0 Å². The van der Waals surface area contributed by atoms with Gasteiger partial charge in [0.15, 0.2) is 5.16 Å². The molecule has 1 aromatic carbocycles. The Hall–Kier alpha value is -2.38. The van der Waals surface area contributed by atoms with Crippen LogP contribution in [0, 0.1) is 5.92 Å². The van der Waals surface area contributed by atoms with Crippen LogP contribution in [0.1, 0.15) is 29.3 Å². The Morgan fingerprint density at radius 2 is 2.20 bits per heavy atom. The van der Waals surface area contributed by atoms with Crippen molar-refractivity contribution in [2.45, 2.75) is 44.4 Å². The Morgan fingerprint density at radius 3 is 2.97 bits per heavy atom.